The summed E-state index contributed by atoms with van der Waals surface area (Å²) in [5.41, 5.74) is 12.9. The minimum Gasteiger partial charge on any atom is -0.458 e. The van der Waals surface area contributed by atoms with E-state index < -0.39 is 6.23 Å². The van der Waals surface area contributed by atoms with E-state index in [1.165, 1.54) is 0 Å². The summed E-state index contributed by atoms with van der Waals surface area (Å²) in [5.74, 6) is 0.376. The van der Waals surface area contributed by atoms with Crippen LogP contribution < -0.4 is 16.4 Å². The van der Waals surface area contributed by atoms with Crippen molar-refractivity contribution in [3.05, 3.63) is 45.7 Å². The molecule has 0 aliphatic carbocycles. The highest BCUT2D eigenvalue weighted by atomic mass is 35.5. The van der Waals surface area contributed by atoms with Crippen molar-refractivity contribution in [1.29, 1.82) is 5.41 Å². The third kappa shape index (κ3) is 6.50. The largest absolute Gasteiger partial charge is 0.458 e. The molecule has 2 saturated heterocycles. The van der Waals surface area contributed by atoms with Gasteiger partial charge in [0, 0.05) is 49.8 Å². The van der Waals surface area contributed by atoms with Crippen LogP contribution in [0.3, 0.4) is 0 Å². The van der Waals surface area contributed by atoms with E-state index in [-0.39, 0.29) is 35.2 Å². The molecule has 3 heterocycles. The number of halogens is 2. The van der Waals surface area contributed by atoms with E-state index in [1.807, 2.05) is 24.3 Å². The molecular formula is C26H38Cl2N8O2. The van der Waals surface area contributed by atoms with Gasteiger partial charge >= 0.3 is 0 Å². The zero-order valence-corrected chi connectivity index (χ0v) is 23.5. The lowest BCUT2D eigenvalue weighted by atomic mass is 9.96. The fourth-order valence-electron chi connectivity index (χ4n) is 5.58. The number of aromatic nitrogens is 2. The summed E-state index contributed by atoms with van der Waals surface area (Å²) in [5, 5.41) is 19.1. The van der Waals surface area contributed by atoms with Crippen LogP contribution >= 0.6 is 23.2 Å². The number of nitrogens with two attached hydrogens (primary N) is 2. The van der Waals surface area contributed by atoms with Gasteiger partial charge in [-0.2, -0.15) is 0 Å². The maximum absolute atomic E-state index is 10.1. The van der Waals surface area contributed by atoms with Crippen molar-refractivity contribution < 1.29 is 9.84 Å². The number of piperazine rings is 1. The number of ether oxygens (including phenoxy) is 1. The van der Waals surface area contributed by atoms with E-state index in [9.17, 15) is 5.11 Å². The van der Waals surface area contributed by atoms with Gasteiger partial charge in [0.2, 0.25) is 5.90 Å². The Kier molecular flexibility index (Phi) is 9.67. The third-order valence-electron chi connectivity index (χ3n) is 7.52. The molecule has 12 heteroatoms. The third-order valence-corrected chi connectivity index (χ3v) is 8.02. The van der Waals surface area contributed by atoms with Crippen LogP contribution in [0.25, 0.3) is 0 Å². The van der Waals surface area contributed by atoms with Crippen LogP contribution in [0.1, 0.15) is 50.4 Å². The summed E-state index contributed by atoms with van der Waals surface area (Å²) >= 11 is 12.6. The minimum atomic E-state index is -0.667. The predicted octanol–water partition coefficient (Wildman–Crippen LogP) is 3.11. The lowest BCUT2D eigenvalue weighted by molar-refractivity contribution is 0.0356. The van der Waals surface area contributed by atoms with Gasteiger partial charge in [-0.1, -0.05) is 42.3 Å². The lowest BCUT2D eigenvalue weighted by Crippen LogP contribution is -2.58. The number of aliphatic hydroxyl groups excluding tert-OH is 1. The molecule has 208 valence electrons. The van der Waals surface area contributed by atoms with Gasteiger partial charge < -0.3 is 20.5 Å². The van der Waals surface area contributed by atoms with Gasteiger partial charge in [-0.25, -0.2) is 9.97 Å². The average Bonchev–Trinajstić information content (AvgIpc) is 2.91. The molecule has 0 radical (unpaired) electrons. The molecule has 0 spiro atoms. The number of benzene rings is 1. The Balaban J connectivity index is 1.39. The summed E-state index contributed by atoms with van der Waals surface area (Å²) in [4.78, 5) is 15.9. The lowest BCUT2D eigenvalue weighted by Gasteiger charge is -2.48. The number of hydrogen-bond donors (Lipinski definition) is 4. The van der Waals surface area contributed by atoms with Crippen LogP contribution in [0.4, 0.5) is 11.6 Å². The van der Waals surface area contributed by atoms with Gasteiger partial charge in [0.1, 0.15) is 6.23 Å². The molecule has 2 aliphatic rings. The van der Waals surface area contributed by atoms with Crippen molar-refractivity contribution in [2.75, 3.05) is 50.0 Å². The number of nitrogens with zero attached hydrogens (tertiary/aromatic N) is 5. The highest BCUT2D eigenvalue weighted by molar-refractivity contribution is 6.32. The fraction of sp³-hybridized carbons (Fsp3) is 0.577. The second-order valence-electron chi connectivity index (χ2n) is 9.99. The van der Waals surface area contributed by atoms with Crippen molar-refractivity contribution in [1.82, 2.24) is 19.8 Å². The van der Waals surface area contributed by atoms with Crippen molar-refractivity contribution in [2.45, 2.75) is 57.5 Å². The monoisotopic (exact) mass is 564 g/mol. The van der Waals surface area contributed by atoms with E-state index in [4.69, 9.17) is 44.8 Å². The fourth-order valence-corrected chi connectivity index (χ4v) is 5.95. The number of rotatable bonds is 8. The minimum absolute atomic E-state index is 0.0128. The van der Waals surface area contributed by atoms with Gasteiger partial charge in [-0.3, -0.25) is 20.9 Å². The molecule has 1 unspecified atom stereocenters. The molecule has 0 bridgehead atoms. The number of aliphatic hydroxyl groups is 1. The average molecular weight is 566 g/mol. The van der Waals surface area contributed by atoms with Gasteiger partial charge in [0.05, 0.1) is 12.6 Å². The predicted molar refractivity (Wildman–Crippen MR) is 152 cm³/mol. The van der Waals surface area contributed by atoms with Crippen LogP contribution in [0.15, 0.2) is 24.3 Å². The molecule has 6 N–H and O–H groups in total. The Morgan fingerprint density at radius 3 is 2.45 bits per heavy atom. The first-order valence-corrected chi connectivity index (χ1v) is 13.9. The molecule has 2 aliphatic heterocycles. The summed E-state index contributed by atoms with van der Waals surface area (Å²) < 4.78 is 5.21. The van der Waals surface area contributed by atoms with Gasteiger partial charge in [-0.05, 0) is 43.9 Å². The van der Waals surface area contributed by atoms with Gasteiger partial charge in [0.15, 0.2) is 22.5 Å². The first-order valence-electron chi connectivity index (χ1n) is 13.2. The molecule has 3 atom stereocenters. The smallest absolute Gasteiger partial charge is 0.237 e. The number of nitrogens with one attached hydrogen (secondary N) is 1. The van der Waals surface area contributed by atoms with Gasteiger partial charge in [-0.15, -0.1) is 0 Å². The Morgan fingerprint density at radius 2 is 1.84 bits per heavy atom. The highest BCUT2D eigenvalue weighted by Gasteiger charge is 2.35. The maximum Gasteiger partial charge on any atom is 0.237 e. The molecule has 4 rings (SSSR count). The van der Waals surface area contributed by atoms with Crippen LogP contribution in [-0.2, 0) is 4.74 Å². The quantitative estimate of drug-likeness (QED) is 0.216. The van der Waals surface area contributed by atoms with E-state index in [1.54, 1.807) is 6.92 Å². The topological polar surface area (TPSA) is 141 Å². The number of nitrogen functional groups attached to an aromatic ring is 1. The van der Waals surface area contributed by atoms with Crippen LogP contribution in [-0.4, -0.2) is 88.4 Å². The van der Waals surface area contributed by atoms with E-state index in [0.29, 0.717) is 22.9 Å². The van der Waals surface area contributed by atoms with Crippen LogP contribution in [0.2, 0.25) is 10.2 Å². The summed E-state index contributed by atoms with van der Waals surface area (Å²) in [6.45, 7) is 8.17. The van der Waals surface area contributed by atoms with Gasteiger partial charge in [0.25, 0.3) is 0 Å². The zero-order chi connectivity index (χ0) is 27.4. The highest BCUT2D eigenvalue weighted by Crippen LogP contribution is 2.32. The normalized spacial score (nSPS) is 21.3. The Morgan fingerprint density at radius 1 is 1.16 bits per heavy atom. The summed E-state index contributed by atoms with van der Waals surface area (Å²) in [6.07, 6.45) is 2.42. The van der Waals surface area contributed by atoms with Crippen molar-refractivity contribution >= 4 is 40.7 Å². The Hall–Kier alpha value is -2.21. The number of anilines is 2. The number of likely N-dealkylation sites (tertiary alicyclic amines) is 1. The zero-order valence-electron chi connectivity index (χ0n) is 22.0. The summed E-state index contributed by atoms with van der Waals surface area (Å²) in [7, 11) is 0. The summed E-state index contributed by atoms with van der Waals surface area (Å²) in [6, 6.07) is 8.58. The van der Waals surface area contributed by atoms with Crippen LogP contribution in [0, 0.1) is 5.41 Å². The van der Waals surface area contributed by atoms with Crippen LogP contribution in [0.5, 0.6) is 0 Å². The number of hydrogen-bond acceptors (Lipinski definition) is 10. The SMILES string of the molecule is CC[C@H]1CN(c2nc(N)c(C(=N)OC(C)N)nc2Cl)CCN1C1CCN([C@@H](CO)c2ccc(Cl)cc2)CC1. The maximum atomic E-state index is 10.1. The molecule has 1 aromatic carbocycles. The molecule has 1 aromatic heterocycles. The number of piperidine rings is 1. The molecule has 10 nitrogen and oxygen atoms in total. The second kappa shape index (κ2) is 12.8. The van der Waals surface area contributed by atoms with Crippen molar-refractivity contribution in [3.8, 4) is 0 Å². The van der Waals surface area contributed by atoms with E-state index in [0.717, 1.165) is 57.5 Å². The Labute approximate surface area is 234 Å². The molecular weight excluding hydrogens is 527 g/mol. The second-order valence-corrected chi connectivity index (χ2v) is 10.8. The molecule has 2 fully saturated rings. The van der Waals surface area contributed by atoms with Crippen molar-refractivity contribution in [3.63, 3.8) is 0 Å². The first kappa shape index (κ1) is 28.8. The van der Waals surface area contributed by atoms with E-state index in [2.05, 4.69) is 31.6 Å². The Bertz CT molecular complexity index is 1100. The van der Waals surface area contributed by atoms with E-state index >= 15 is 0 Å². The molecule has 2 aromatic rings. The molecule has 0 amide bonds. The van der Waals surface area contributed by atoms with Crippen molar-refractivity contribution in [2.24, 2.45) is 5.73 Å². The standard InChI is InChI=1S/C26H38Cl2N8O2/c1-3-19-14-35(26-23(28)32-22(24(30)33-26)25(31)38-16(2)29)12-13-36(19)20-8-10-34(11-9-20)21(15-37)17-4-6-18(27)7-5-17/h4-7,16,19-21,31,37H,3,8-15,29H2,1-2H3,(H2,30,33)/t16?,19-,21-/m0/s1. The first-order chi connectivity index (χ1) is 18.2. The molecule has 38 heavy (non-hydrogen) atoms. The molecule has 0 saturated carbocycles.